The molecule has 1 amide bonds. The van der Waals surface area contributed by atoms with E-state index in [1.165, 1.54) is 11.8 Å². The van der Waals surface area contributed by atoms with Crippen molar-refractivity contribution in [3.05, 3.63) is 30.1 Å². The SMILES string of the molecule is CCCCn1c(SCC(=O)Nc2ccccc2SC)nnc1[C@@H](CC)N(C)C. The Morgan fingerprint density at radius 1 is 1.25 bits per heavy atom. The van der Waals surface area contributed by atoms with Gasteiger partial charge in [0.1, 0.15) is 0 Å². The Labute approximate surface area is 176 Å². The van der Waals surface area contributed by atoms with Gasteiger partial charge in [-0.3, -0.25) is 9.69 Å². The summed E-state index contributed by atoms with van der Waals surface area (Å²) in [6, 6.07) is 8.07. The number of aromatic nitrogens is 3. The Kier molecular flexibility index (Phi) is 9.34. The molecule has 0 fully saturated rings. The minimum absolute atomic E-state index is 0.0299. The largest absolute Gasteiger partial charge is 0.324 e. The zero-order valence-corrected chi connectivity index (χ0v) is 19.1. The summed E-state index contributed by atoms with van der Waals surface area (Å²) in [6.07, 6.45) is 5.14. The lowest BCUT2D eigenvalue weighted by Crippen LogP contribution is -2.23. The van der Waals surface area contributed by atoms with Crippen molar-refractivity contribution in [2.45, 2.75) is 55.7 Å². The van der Waals surface area contributed by atoms with Crippen molar-refractivity contribution >= 4 is 35.1 Å². The summed E-state index contributed by atoms with van der Waals surface area (Å²) in [6.45, 7) is 5.21. The lowest BCUT2D eigenvalue weighted by atomic mass is 10.2. The average Bonchev–Trinajstić information content (AvgIpc) is 3.08. The Balaban J connectivity index is 2.10. The van der Waals surface area contributed by atoms with Gasteiger partial charge in [-0.1, -0.05) is 44.2 Å². The zero-order valence-electron chi connectivity index (χ0n) is 17.4. The van der Waals surface area contributed by atoms with E-state index >= 15 is 0 Å². The molecule has 1 N–H and O–H groups in total. The predicted octanol–water partition coefficient (Wildman–Crippen LogP) is 4.54. The molecule has 0 unspecified atom stereocenters. The fourth-order valence-electron chi connectivity index (χ4n) is 3.02. The molecule has 6 nitrogen and oxygen atoms in total. The number of nitrogens with one attached hydrogen (secondary N) is 1. The Bertz CT molecular complexity index is 763. The van der Waals surface area contributed by atoms with Crippen LogP contribution in [0, 0.1) is 0 Å². The maximum absolute atomic E-state index is 12.5. The van der Waals surface area contributed by atoms with Gasteiger partial charge in [0.25, 0.3) is 0 Å². The molecule has 1 atom stereocenters. The molecule has 0 bridgehead atoms. The number of rotatable bonds is 11. The third kappa shape index (κ3) is 5.99. The maximum Gasteiger partial charge on any atom is 0.234 e. The summed E-state index contributed by atoms with van der Waals surface area (Å²) in [4.78, 5) is 15.7. The number of para-hydroxylation sites is 1. The minimum Gasteiger partial charge on any atom is -0.324 e. The molecule has 1 aromatic heterocycles. The first-order chi connectivity index (χ1) is 13.5. The van der Waals surface area contributed by atoms with Gasteiger partial charge >= 0.3 is 0 Å². The second kappa shape index (κ2) is 11.5. The average molecular weight is 422 g/mol. The number of hydrogen-bond donors (Lipinski definition) is 1. The summed E-state index contributed by atoms with van der Waals surface area (Å²) in [5.41, 5.74) is 0.854. The van der Waals surface area contributed by atoms with Crippen LogP contribution in [0.1, 0.15) is 45.0 Å². The van der Waals surface area contributed by atoms with Crippen LogP contribution in [0.3, 0.4) is 0 Å². The lowest BCUT2D eigenvalue weighted by molar-refractivity contribution is -0.113. The zero-order chi connectivity index (χ0) is 20.5. The van der Waals surface area contributed by atoms with Crippen LogP contribution in [0.5, 0.6) is 0 Å². The van der Waals surface area contributed by atoms with E-state index in [1.807, 2.05) is 30.5 Å². The van der Waals surface area contributed by atoms with E-state index in [-0.39, 0.29) is 11.9 Å². The van der Waals surface area contributed by atoms with Crippen LogP contribution in [-0.2, 0) is 11.3 Å². The fourth-order valence-corrected chi connectivity index (χ4v) is 4.35. The molecule has 0 radical (unpaired) electrons. The highest BCUT2D eigenvalue weighted by atomic mass is 32.2. The van der Waals surface area contributed by atoms with Crippen LogP contribution in [-0.4, -0.2) is 51.7 Å². The highest BCUT2D eigenvalue weighted by Crippen LogP contribution is 2.27. The van der Waals surface area contributed by atoms with E-state index in [2.05, 4.69) is 52.9 Å². The molecule has 1 aromatic carbocycles. The molecule has 28 heavy (non-hydrogen) atoms. The van der Waals surface area contributed by atoms with Gasteiger partial charge in [0.15, 0.2) is 11.0 Å². The highest BCUT2D eigenvalue weighted by molar-refractivity contribution is 7.99. The Hall–Kier alpha value is -1.51. The van der Waals surface area contributed by atoms with Crippen molar-refractivity contribution in [3.8, 4) is 0 Å². The van der Waals surface area contributed by atoms with E-state index in [9.17, 15) is 4.79 Å². The normalized spacial score (nSPS) is 12.4. The fraction of sp³-hybridized carbons (Fsp3) is 0.550. The number of anilines is 1. The highest BCUT2D eigenvalue weighted by Gasteiger charge is 2.22. The van der Waals surface area contributed by atoms with Gasteiger partial charge in [0.2, 0.25) is 5.91 Å². The van der Waals surface area contributed by atoms with E-state index in [0.717, 1.165) is 47.4 Å². The van der Waals surface area contributed by atoms with Gasteiger partial charge in [-0.15, -0.1) is 22.0 Å². The molecule has 154 valence electrons. The second-order valence-corrected chi connectivity index (χ2v) is 8.56. The molecule has 1 heterocycles. The number of carbonyl (C=O) groups excluding carboxylic acids is 1. The van der Waals surface area contributed by atoms with Gasteiger partial charge in [0, 0.05) is 11.4 Å². The molecule has 0 saturated heterocycles. The van der Waals surface area contributed by atoms with Crippen molar-refractivity contribution in [2.24, 2.45) is 0 Å². The molecule has 0 aliphatic rings. The second-order valence-electron chi connectivity index (χ2n) is 6.77. The van der Waals surface area contributed by atoms with E-state index in [1.54, 1.807) is 11.8 Å². The standard InChI is InChI=1S/C20H31N5OS2/c1-6-8-13-25-19(16(7-2)24(3)4)22-23-20(25)28-14-18(26)21-15-11-9-10-12-17(15)27-5/h9-12,16H,6-8,13-14H2,1-5H3,(H,21,26)/t16-/m1/s1. The lowest BCUT2D eigenvalue weighted by Gasteiger charge is -2.23. The summed E-state index contributed by atoms with van der Waals surface area (Å²) in [5.74, 6) is 1.26. The topological polar surface area (TPSA) is 63.1 Å². The van der Waals surface area contributed by atoms with Gasteiger partial charge in [-0.05, 0) is 45.3 Å². The van der Waals surface area contributed by atoms with Crippen molar-refractivity contribution < 1.29 is 4.79 Å². The molecule has 0 aliphatic heterocycles. The van der Waals surface area contributed by atoms with Crippen molar-refractivity contribution in [1.29, 1.82) is 0 Å². The van der Waals surface area contributed by atoms with Gasteiger partial charge in [-0.2, -0.15) is 0 Å². The van der Waals surface area contributed by atoms with Gasteiger partial charge < -0.3 is 9.88 Å². The van der Waals surface area contributed by atoms with Gasteiger partial charge in [-0.25, -0.2) is 0 Å². The number of thioether (sulfide) groups is 2. The monoisotopic (exact) mass is 421 g/mol. The molecular formula is C20H31N5OS2. The molecular weight excluding hydrogens is 390 g/mol. The smallest absolute Gasteiger partial charge is 0.234 e. The number of benzene rings is 1. The summed E-state index contributed by atoms with van der Waals surface area (Å²) >= 11 is 3.07. The van der Waals surface area contributed by atoms with Crippen LogP contribution < -0.4 is 5.32 Å². The van der Waals surface area contributed by atoms with Crippen molar-refractivity contribution in [2.75, 3.05) is 31.4 Å². The Morgan fingerprint density at radius 3 is 2.64 bits per heavy atom. The van der Waals surface area contributed by atoms with Crippen LogP contribution in [0.2, 0.25) is 0 Å². The minimum atomic E-state index is -0.0299. The van der Waals surface area contributed by atoms with Crippen LogP contribution in [0.4, 0.5) is 5.69 Å². The third-order valence-electron chi connectivity index (χ3n) is 4.50. The maximum atomic E-state index is 12.5. The van der Waals surface area contributed by atoms with Crippen LogP contribution >= 0.6 is 23.5 Å². The molecule has 0 saturated carbocycles. The summed E-state index contributed by atoms with van der Waals surface area (Å²) < 4.78 is 2.19. The first kappa shape index (κ1) is 22.8. The molecule has 2 rings (SSSR count). The van der Waals surface area contributed by atoms with E-state index in [0.29, 0.717) is 5.75 Å². The molecule has 8 heteroatoms. The number of unbranched alkanes of at least 4 members (excludes halogenated alkanes) is 1. The van der Waals surface area contributed by atoms with Gasteiger partial charge in [0.05, 0.1) is 17.5 Å². The first-order valence-electron chi connectivity index (χ1n) is 9.66. The number of carbonyl (C=O) groups is 1. The predicted molar refractivity (Wildman–Crippen MR) is 119 cm³/mol. The summed E-state index contributed by atoms with van der Waals surface area (Å²) in [5, 5.41) is 12.7. The van der Waals surface area contributed by atoms with Crippen molar-refractivity contribution in [3.63, 3.8) is 0 Å². The van der Waals surface area contributed by atoms with E-state index < -0.39 is 0 Å². The Morgan fingerprint density at radius 2 is 2.00 bits per heavy atom. The molecule has 0 aliphatic carbocycles. The summed E-state index contributed by atoms with van der Waals surface area (Å²) in [7, 11) is 4.13. The number of hydrogen-bond acceptors (Lipinski definition) is 6. The third-order valence-corrected chi connectivity index (χ3v) is 6.26. The number of amides is 1. The van der Waals surface area contributed by atoms with Crippen LogP contribution in [0.25, 0.3) is 0 Å². The van der Waals surface area contributed by atoms with E-state index in [4.69, 9.17) is 0 Å². The molecule has 2 aromatic rings. The first-order valence-corrected chi connectivity index (χ1v) is 11.9. The van der Waals surface area contributed by atoms with Crippen molar-refractivity contribution in [1.82, 2.24) is 19.7 Å². The number of nitrogens with zero attached hydrogens (tertiary/aromatic N) is 4. The quantitative estimate of drug-likeness (QED) is 0.537. The van der Waals surface area contributed by atoms with Crippen LogP contribution in [0.15, 0.2) is 34.3 Å². The molecule has 0 spiro atoms.